The molecule has 0 bridgehead atoms. The number of aromatic nitrogens is 2. The Labute approximate surface area is 117 Å². The van der Waals surface area contributed by atoms with Crippen LogP contribution in [0, 0.1) is 12.3 Å². The largest absolute Gasteiger partial charge is 0.351 e. The number of nitrogens with one attached hydrogen (secondary N) is 1. The quantitative estimate of drug-likeness (QED) is 0.868. The first kappa shape index (κ1) is 15.2. The van der Waals surface area contributed by atoms with Crippen LogP contribution >= 0.6 is 15.9 Å². The third kappa shape index (κ3) is 4.80. The Bertz CT molecular complexity index is 420. The van der Waals surface area contributed by atoms with Gasteiger partial charge in [0, 0.05) is 24.6 Å². The zero-order valence-corrected chi connectivity index (χ0v) is 13.3. The van der Waals surface area contributed by atoms with E-state index in [1.54, 1.807) is 10.9 Å². The minimum absolute atomic E-state index is 0.0565. The second-order valence-electron chi connectivity index (χ2n) is 5.87. The summed E-state index contributed by atoms with van der Waals surface area (Å²) in [5.74, 6) is -0.0565. The SMILES string of the molecule is Cc1nn(C)cc1C(=O)NCC(Br)CC(C)(C)C. The van der Waals surface area contributed by atoms with Gasteiger partial charge in [-0.25, -0.2) is 0 Å². The van der Waals surface area contributed by atoms with Gasteiger partial charge in [0.2, 0.25) is 0 Å². The molecule has 1 rings (SSSR count). The molecule has 1 aromatic rings. The van der Waals surface area contributed by atoms with E-state index in [4.69, 9.17) is 0 Å². The fourth-order valence-electron chi connectivity index (χ4n) is 1.86. The molecule has 1 amide bonds. The molecule has 5 heteroatoms. The van der Waals surface area contributed by atoms with Crippen molar-refractivity contribution in [2.24, 2.45) is 12.5 Å². The highest BCUT2D eigenvalue weighted by Gasteiger charge is 2.18. The molecule has 1 atom stereocenters. The summed E-state index contributed by atoms with van der Waals surface area (Å²) in [4.78, 5) is 12.3. The van der Waals surface area contributed by atoms with Crippen molar-refractivity contribution in [3.8, 4) is 0 Å². The highest BCUT2D eigenvalue weighted by molar-refractivity contribution is 9.09. The number of carbonyl (C=O) groups excluding carboxylic acids is 1. The number of hydrogen-bond donors (Lipinski definition) is 1. The predicted octanol–water partition coefficient (Wildman–Crippen LogP) is 2.66. The summed E-state index contributed by atoms with van der Waals surface area (Å²) < 4.78 is 1.66. The summed E-state index contributed by atoms with van der Waals surface area (Å²) in [5.41, 5.74) is 1.66. The average Bonchev–Trinajstić information content (AvgIpc) is 2.52. The molecule has 0 aliphatic rings. The monoisotopic (exact) mass is 315 g/mol. The molecule has 1 N–H and O–H groups in total. The number of rotatable bonds is 4. The van der Waals surface area contributed by atoms with Gasteiger partial charge in [-0.3, -0.25) is 9.48 Å². The van der Waals surface area contributed by atoms with Crippen LogP contribution in [0.2, 0.25) is 0 Å². The molecule has 1 heterocycles. The third-order valence-electron chi connectivity index (χ3n) is 2.58. The number of nitrogens with zero attached hydrogens (tertiary/aromatic N) is 2. The molecule has 0 aromatic carbocycles. The molecule has 0 aliphatic heterocycles. The topological polar surface area (TPSA) is 46.9 Å². The van der Waals surface area contributed by atoms with Crippen molar-refractivity contribution in [2.45, 2.75) is 38.9 Å². The maximum atomic E-state index is 12.0. The van der Waals surface area contributed by atoms with Crippen molar-refractivity contribution >= 4 is 21.8 Å². The van der Waals surface area contributed by atoms with Gasteiger partial charge in [-0.05, 0) is 18.8 Å². The first-order chi connectivity index (χ1) is 8.19. The van der Waals surface area contributed by atoms with Crippen LogP contribution in [0.1, 0.15) is 43.2 Å². The summed E-state index contributed by atoms with van der Waals surface area (Å²) in [7, 11) is 1.82. The first-order valence-electron chi connectivity index (χ1n) is 6.11. The summed E-state index contributed by atoms with van der Waals surface area (Å²) in [6.45, 7) is 9.04. The van der Waals surface area contributed by atoms with Crippen LogP contribution in [0.3, 0.4) is 0 Å². The van der Waals surface area contributed by atoms with E-state index in [1.165, 1.54) is 0 Å². The fourth-order valence-corrected chi connectivity index (χ4v) is 2.99. The summed E-state index contributed by atoms with van der Waals surface area (Å²) in [5, 5.41) is 7.10. The van der Waals surface area contributed by atoms with Crippen LogP contribution in [0.4, 0.5) is 0 Å². The summed E-state index contributed by atoms with van der Waals surface area (Å²) in [6.07, 6.45) is 2.76. The Morgan fingerprint density at radius 1 is 1.56 bits per heavy atom. The van der Waals surface area contributed by atoms with Gasteiger partial charge in [0.15, 0.2) is 0 Å². The first-order valence-corrected chi connectivity index (χ1v) is 7.03. The molecule has 102 valence electrons. The van der Waals surface area contributed by atoms with Crippen molar-refractivity contribution in [1.82, 2.24) is 15.1 Å². The van der Waals surface area contributed by atoms with E-state index >= 15 is 0 Å². The van der Waals surface area contributed by atoms with E-state index in [-0.39, 0.29) is 11.3 Å². The van der Waals surface area contributed by atoms with Gasteiger partial charge in [0.1, 0.15) is 0 Å². The van der Waals surface area contributed by atoms with Crippen LogP contribution in [-0.4, -0.2) is 27.1 Å². The normalized spacial score (nSPS) is 13.4. The summed E-state index contributed by atoms with van der Waals surface area (Å²) >= 11 is 3.60. The zero-order valence-electron chi connectivity index (χ0n) is 11.7. The molecule has 0 spiro atoms. The minimum atomic E-state index is -0.0565. The number of hydrogen-bond acceptors (Lipinski definition) is 2. The Balaban J connectivity index is 2.49. The molecule has 0 radical (unpaired) electrons. The van der Waals surface area contributed by atoms with E-state index in [1.807, 2.05) is 14.0 Å². The lowest BCUT2D eigenvalue weighted by Crippen LogP contribution is -2.31. The molecular formula is C13H22BrN3O. The second kappa shape index (κ2) is 5.87. The molecule has 0 aliphatic carbocycles. The van der Waals surface area contributed by atoms with Crippen molar-refractivity contribution in [1.29, 1.82) is 0 Å². The smallest absolute Gasteiger partial charge is 0.254 e. The molecule has 1 unspecified atom stereocenters. The molecule has 0 saturated carbocycles. The van der Waals surface area contributed by atoms with E-state index in [0.717, 1.165) is 12.1 Å². The summed E-state index contributed by atoms with van der Waals surface area (Å²) in [6, 6.07) is 0. The molecule has 0 saturated heterocycles. The third-order valence-corrected chi connectivity index (χ3v) is 3.22. The number of alkyl halides is 1. The van der Waals surface area contributed by atoms with Crippen molar-refractivity contribution in [2.75, 3.05) is 6.54 Å². The van der Waals surface area contributed by atoms with Crippen LogP contribution in [0.15, 0.2) is 6.20 Å². The van der Waals surface area contributed by atoms with Gasteiger partial charge in [0.05, 0.1) is 11.3 Å². The van der Waals surface area contributed by atoms with Gasteiger partial charge in [-0.2, -0.15) is 5.10 Å². The Morgan fingerprint density at radius 3 is 2.61 bits per heavy atom. The van der Waals surface area contributed by atoms with E-state index in [2.05, 4.69) is 47.1 Å². The maximum absolute atomic E-state index is 12.0. The average molecular weight is 316 g/mol. The Morgan fingerprint density at radius 2 is 2.17 bits per heavy atom. The van der Waals surface area contributed by atoms with Crippen LogP contribution in [-0.2, 0) is 7.05 Å². The van der Waals surface area contributed by atoms with Crippen LogP contribution < -0.4 is 5.32 Å². The lowest BCUT2D eigenvalue weighted by molar-refractivity contribution is 0.0952. The molecular weight excluding hydrogens is 294 g/mol. The predicted molar refractivity (Wildman–Crippen MR) is 77.1 cm³/mol. The van der Waals surface area contributed by atoms with Gasteiger partial charge in [0.25, 0.3) is 5.91 Å². The minimum Gasteiger partial charge on any atom is -0.351 e. The van der Waals surface area contributed by atoms with Crippen LogP contribution in [0.5, 0.6) is 0 Å². The van der Waals surface area contributed by atoms with E-state index in [0.29, 0.717) is 16.9 Å². The zero-order chi connectivity index (χ0) is 13.9. The molecule has 4 nitrogen and oxygen atoms in total. The lowest BCUT2D eigenvalue weighted by atomic mass is 9.90. The number of amides is 1. The highest BCUT2D eigenvalue weighted by atomic mass is 79.9. The molecule has 0 fully saturated rings. The van der Waals surface area contributed by atoms with Gasteiger partial charge >= 0.3 is 0 Å². The number of halogens is 1. The lowest BCUT2D eigenvalue weighted by Gasteiger charge is -2.22. The van der Waals surface area contributed by atoms with Crippen molar-refractivity contribution in [3.05, 3.63) is 17.5 Å². The number of carbonyl (C=O) groups is 1. The van der Waals surface area contributed by atoms with E-state index < -0.39 is 0 Å². The van der Waals surface area contributed by atoms with Crippen LogP contribution in [0.25, 0.3) is 0 Å². The maximum Gasteiger partial charge on any atom is 0.254 e. The van der Waals surface area contributed by atoms with Gasteiger partial charge in [-0.15, -0.1) is 0 Å². The fraction of sp³-hybridized carbons (Fsp3) is 0.692. The van der Waals surface area contributed by atoms with Crippen molar-refractivity contribution in [3.63, 3.8) is 0 Å². The van der Waals surface area contributed by atoms with Crippen molar-refractivity contribution < 1.29 is 4.79 Å². The Hall–Kier alpha value is -0.840. The molecule has 18 heavy (non-hydrogen) atoms. The van der Waals surface area contributed by atoms with E-state index in [9.17, 15) is 4.79 Å². The number of aryl methyl sites for hydroxylation is 2. The second-order valence-corrected chi connectivity index (χ2v) is 7.17. The molecule has 1 aromatic heterocycles. The standard InChI is InChI=1S/C13H22BrN3O/c1-9-11(8-17(5)16-9)12(18)15-7-10(14)6-13(2,3)4/h8,10H,6-7H2,1-5H3,(H,15,18). The Kier molecular flexibility index (Phi) is 4.96. The van der Waals surface area contributed by atoms with Gasteiger partial charge in [-0.1, -0.05) is 36.7 Å². The highest BCUT2D eigenvalue weighted by Crippen LogP contribution is 2.24. The van der Waals surface area contributed by atoms with Gasteiger partial charge < -0.3 is 5.32 Å².